The lowest BCUT2D eigenvalue weighted by atomic mass is 9.95. The maximum Gasteiger partial charge on any atom is 0.0945 e. The van der Waals surface area contributed by atoms with E-state index in [2.05, 4.69) is 27.1 Å². The molecular weight excluding hydrogens is 250 g/mol. The topological polar surface area (TPSA) is 43.0 Å². The predicted octanol–water partition coefficient (Wildman–Crippen LogP) is 2.84. The Morgan fingerprint density at radius 1 is 1.35 bits per heavy atom. The molecule has 0 saturated heterocycles. The summed E-state index contributed by atoms with van der Waals surface area (Å²) in [5.74, 6) is 0. The van der Waals surface area contributed by atoms with Gasteiger partial charge in [-0.25, -0.2) is 4.98 Å². The number of rotatable bonds is 5. The zero-order valence-electron chi connectivity index (χ0n) is 12.1. The van der Waals surface area contributed by atoms with Gasteiger partial charge in [-0.05, 0) is 45.1 Å². The van der Waals surface area contributed by atoms with Crippen LogP contribution in [0.2, 0.25) is 0 Å². The SMILES string of the molecule is Cc1cc2c(n1CCCCn1ccnc1)CCCC2O. The van der Waals surface area contributed by atoms with E-state index in [-0.39, 0.29) is 6.10 Å². The molecule has 2 heterocycles. The maximum absolute atomic E-state index is 10.1. The third kappa shape index (κ3) is 2.66. The van der Waals surface area contributed by atoms with Gasteiger partial charge < -0.3 is 14.2 Å². The number of fused-ring (bicyclic) bond motifs is 1. The molecule has 4 heteroatoms. The van der Waals surface area contributed by atoms with Gasteiger partial charge in [-0.3, -0.25) is 0 Å². The van der Waals surface area contributed by atoms with Gasteiger partial charge in [0, 0.05) is 42.4 Å². The Bertz CT molecular complexity index is 557. The van der Waals surface area contributed by atoms with Crippen LogP contribution in [0.15, 0.2) is 24.8 Å². The summed E-state index contributed by atoms with van der Waals surface area (Å²) in [5.41, 5.74) is 3.82. The number of hydrogen-bond donors (Lipinski definition) is 1. The first kappa shape index (κ1) is 13.4. The fraction of sp³-hybridized carbons (Fsp3) is 0.562. The predicted molar refractivity (Wildman–Crippen MR) is 78.5 cm³/mol. The number of hydrogen-bond acceptors (Lipinski definition) is 2. The maximum atomic E-state index is 10.1. The van der Waals surface area contributed by atoms with E-state index in [1.807, 2.05) is 18.7 Å². The van der Waals surface area contributed by atoms with E-state index in [9.17, 15) is 5.11 Å². The van der Waals surface area contributed by atoms with Gasteiger partial charge in [0.2, 0.25) is 0 Å². The third-order valence-electron chi connectivity index (χ3n) is 4.31. The molecule has 1 aliphatic rings. The van der Waals surface area contributed by atoms with Crippen LogP contribution in [0.4, 0.5) is 0 Å². The highest BCUT2D eigenvalue weighted by Gasteiger charge is 2.22. The van der Waals surface area contributed by atoms with Crippen molar-refractivity contribution in [1.29, 1.82) is 0 Å². The summed E-state index contributed by atoms with van der Waals surface area (Å²) in [6.45, 7) is 4.24. The summed E-state index contributed by atoms with van der Waals surface area (Å²) in [7, 11) is 0. The molecule has 0 aromatic carbocycles. The first-order chi connectivity index (χ1) is 9.75. The van der Waals surface area contributed by atoms with Crippen LogP contribution in [0, 0.1) is 6.92 Å². The summed E-state index contributed by atoms with van der Waals surface area (Å²) in [4.78, 5) is 4.06. The molecule has 0 spiro atoms. The van der Waals surface area contributed by atoms with Crippen LogP contribution < -0.4 is 0 Å². The highest BCUT2D eigenvalue weighted by Crippen LogP contribution is 2.32. The van der Waals surface area contributed by atoms with Crippen LogP contribution in [0.1, 0.15) is 48.7 Å². The van der Waals surface area contributed by atoms with Crippen molar-refractivity contribution in [2.24, 2.45) is 0 Å². The molecule has 4 nitrogen and oxygen atoms in total. The minimum Gasteiger partial charge on any atom is -0.388 e. The Labute approximate surface area is 120 Å². The van der Waals surface area contributed by atoms with Gasteiger partial charge in [0.15, 0.2) is 0 Å². The van der Waals surface area contributed by atoms with Crippen molar-refractivity contribution in [3.05, 3.63) is 41.7 Å². The minimum absolute atomic E-state index is 0.246. The molecule has 0 amide bonds. The van der Waals surface area contributed by atoms with E-state index in [4.69, 9.17) is 0 Å². The number of aliphatic hydroxyl groups is 1. The van der Waals surface area contributed by atoms with E-state index in [1.165, 1.54) is 17.0 Å². The Hall–Kier alpha value is -1.55. The number of nitrogens with zero attached hydrogens (tertiary/aromatic N) is 3. The van der Waals surface area contributed by atoms with Crippen molar-refractivity contribution >= 4 is 0 Å². The molecule has 0 saturated carbocycles. The Kier molecular flexibility index (Phi) is 3.92. The van der Waals surface area contributed by atoms with Gasteiger partial charge in [-0.15, -0.1) is 0 Å². The molecule has 0 radical (unpaired) electrons. The Balaban J connectivity index is 1.60. The first-order valence-electron chi connectivity index (χ1n) is 7.58. The van der Waals surface area contributed by atoms with Crippen molar-refractivity contribution in [2.45, 2.75) is 58.2 Å². The molecule has 20 heavy (non-hydrogen) atoms. The molecule has 0 bridgehead atoms. The summed E-state index contributed by atoms with van der Waals surface area (Å²) in [6.07, 6.45) is 10.9. The van der Waals surface area contributed by atoms with E-state index in [1.54, 1.807) is 0 Å². The van der Waals surface area contributed by atoms with Gasteiger partial charge in [-0.2, -0.15) is 0 Å². The van der Waals surface area contributed by atoms with Crippen LogP contribution in [-0.2, 0) is 19.5 Å². The normalized spacial score (nSPS) is 18.2. The molecule has 0 aliphatic heterocycles. The highest BCUT2D eigenvalue weighted by atomic mass is 16.3. The van der Waals surface area contributed by atoms with Crippen LogP contribution in [0.3, 0.4) is 0 Å². The smallest absolute Gasteiger partial charge is 0.0945 e. The number of imidazole rings is 1. The third-order valence-corrected chi connectivity index (χ3v) is 4.31. The van der Waals surface area contributed by atoms with Gasteiger partial charge in [0.25, 0.3) is 0 Å². The monoisotopic (exact) mass is 273 g/mol. The molecule has 2 aromatic heterocycles. The van der Waals surface area contributed by atoms with Crippen molar-refractivity contribution in [3.63, 3.8) is 0 Å². The fourth-order valence-corrected chi connectivity index (χ4v) is 3.24. The van der Waals surface area contributed by atoms with Crippen LogP contribution in [0.5, 0.6) is 0 Å². The molecule has 1 aliphatic carbocycles. The average molecular weight is 273 g/mol. The average Bonchev–Trinajstić information content (AvgIpc) is 3.04. The Morgan fingerprint density at radius 2 is 2.20 bits per heavy atom. The molecule has 1 atom stereocenters. The van der Waals surface area contributed by atoms with Crippen LogP contribution >= 0.6 is 0 Å². The molecule has 2 aromatic rings. The van der Waals surface area contributed by atoms with Gasteiger partial charge in [0.1, 0.15) is 0 Å². The van der Waals surface area contributed by atoms with Crippen molar-refractivity contribution in [2.75, 3.05) is 0 Å². The van der Waals surface area contributed by atoms with E-state index in [0.717, 1.165) is 45.2 Å². The van der Waals surface area contributed by atoms with Crippen molar-refractivity contribution in [3.8, 4) is 0 Å². The van der Waals surface area contributed by atoms with Crippen LogP contribution in [0.25, 0.3) is 0 Å². The molecule has 0 fully saturated rings. The summed E-state index contributed by atoms with van der Waals surface area (Å²) < 4.78 is 4.54. The second-order valence-electron chi connectivity index (χ2n) is 5.76. The zero-order valence-corrected chi connectivity index (χ0v) is 12.1. The van der Waals surface area contributed by atoms with Crippen molar-refractivity contribution < 1.29 is 5.11 Å². The number of unbranched alkanes of at least 4 members (excludes halogenated alkanes) is 1. The zero-order chi connectivity index (χ0) is 13.9. The number of aliphatic hydroxyl groups excluding tert-OH is 1. The van der Waals surface area contributed by atoms with Crippen LogP contribution in [-0.4, -0.2) is 19.2 Å². The summed E-state index contributed by atoms with van der Waals surface area (Å²) in [6, 6.07) is 2.18. The fourth-order valence-electron chi connectivity index (χ4n) is 3.24. The molecular formula is C16H23N3O. The lowest BCUT2D eigenvalue weighted by Gasteiger charge is -2.20. The molecule has 1 N–H and O–H groups in total. The largest absolute Gasteiger partial charge is 0.388 e. The van der Waals surface area contributed by atoms with Gasteiger partial charge in [0.05, 0.1) is 12.4 Å². The van der Waals surface area contributed by atoms with Crippen molar-refractivity contribution in [1.82, 2.24) is 14.1 Å². The quantitative estimate of drug-likeness (QED) is 0.851. The van der Waals surface area contributed by atoms with Gasteiger partial charge >= 0.3 is 0 Å². The highest BCUT2D eigenvalue weighted by molar-refractivity contribution is 5.31. The number of aromatic nitrogens is 3. The van der Waals surface area contributed by atoms with E-state index in [0.29, 0.717) is 0 Å². The molecule has 108 valence electrons. The second-order valence-corrected chi connectivity index (χ2v) is 5.76. The second kappa shape index (κ2) is 5.83. The molecule has 1 unspecified atom stereocenters. The minimum atomic E-state index is -0.246. The Morgan fingerprint density at radius 3 is 3.00 bits per heavy atom. The first-order valence-corrected chi connectivity index (χ1v) is 7.58. The lowest BCUT2D eigenvalue weighted by molar-refractivity contribution is 0.155. The molecule has 3 rings (SSSR count). The summed E-state index contributed by atoms with van der Waals surface area (Å²) >= 11 is 0. The van der Waals surface area contributed by atoms with E-state index < -0.39 is 0 Å². The summed E-state index contributed by atoms with van der Waals surface area (Å²) in [5, 5.41) is 10.1. The standard InChI is InChI=1S/C16H23N3O/c1-13-11-14-15(5-4-6-16(14)20)19(13)9-3-2-8-18-10-7-17-12-18/h7,10-12,16,20H,2-6,8-9H2,1H3. The van der Waals surface area contributed by atoms with E-state index >= 15 is 0 Å². The lowest BCUT2D eigenvalue weighted by Crippen LogP contribution is -2.13. The van der Waals surface area contributed by atoms with Gasteiger partial charge in [-0.1, -0.05) is 0 Å². The number of aryl methyl sites for hydroxylation is 2.